The Morgan fingerprint density at radius 2 is 1.43 bits per heavy atom. The van der Waals surface area contributed by atoms with Gasteiger partial charge >= 0.3 is 0 Å². The Labute approximate surface area is 172 Å². The van der Waals surface area contributed by atoms with Crippen molar-refractivity contribution < 1.29 is 9.53 Å². The van der Waals surface area contributed by atoms with Crippen LogP contribution in [0.25, 0.3) is 0 Å². The normalized spacial score (nSPS) is 11.1. The summed E-state index contributed by atoms with van der Waals surface area (Å²) in [7, 11) is 0. The lowest BCUT2D eigenvalue weighted by molar-refractivity contribution is -0.121. The van der Waals surface area contributed by atoms with Gasteiger partial charge in [0.05, 0.1) is 12.8 Å². The van der Waals surface area contributed by atoms with E-state index in [4.69, 9.17) is 4.74 Å². The third-order valence-corrected chi connectivity index (χ3v) is 4.81. The molecule has 0 heterocycles. The number of carbonyl (C=O) groups is 1. The second-order valence-corrected chi connectivity index (χ2v) is 7.50. The molecule has 0 aliphatic heterocycles. The molecular formula is C24H40N2O2. The third kappa shape index (κ3) is 13.3. The molecule has 1 N–H and O–H groups in total. The Hall–Kier alpha value is -1.84. The maximum Gasteiger partial charge on any atom is 0.240 e. The molecule has 0 saturated carbocycles. The van der Waals surface area contributed by atoms with Gasteiger partial charge < -0.3 is 4.74 Å². The molecule has 0 aliphatic rings. The summed E-state index contributed by atoms with van der Waals surface area (Å²) < 4.78 is 5.69. The van der Waals surface area contributed by atoms with Crippen molar-refractivity contribution in [2.24, 2.45) is 5.10 Å². The van der Waals surface area contributed by atoms with E-state index < -0.39 is 0 Å². The molecule has 1 amide bonds. The van der Waals surface area contributed by atoms with Crippen LogP contribution in [0.15, 0.2) is 29.4 Å². The van der Waals surface area contributed by atoms with Gasteiger partial charge in [0.1, 0.15) is 5.75 Å². The van der Waals surface area contributed by atoms with Gasteiger partial charge in [-0.1, -0.05) is 78.1 Å². The lowest BCUT2D eigenvalue weighted by atomic mass is 10.1. The fraction of sp³-hybridized carbons (Fsp3) is 0.667. The SMILES string of the molecule is CCCCCCCCCCCC(=O)NN=Cc1ccc(OCCCCC)cc1. The fourth-order valence-corrected chi connectivity index (χ4v) is 3.02. The smallest absolute Gasteiger partial charge is 0.240 e. The number of nitrogens with zero attached hydrogens (tertiary/aromatic N) is 1. The zero-order chi connectivity index (χ0) is 20.3. The molecule has 4 nitrogen and oxygen atoms in total. The summed E-state index contributed by atoms with van der Waals surface area (Å²) in [6.07, 6.45) is 17.0. The first-order chi connectivity index (χ1) is 13.8. The fourth-order valence-electron chi connectivity index (χ4n) is 3.02. The number of ether oxygens (including phenoxy) is 1. The van der Waals surface area contributed by atoms with Crippen LogP contribution in [0, 0.1) is 0 Å². The van der Waals surface area contributed by atoms with Gasteiger partial charge in [0.25, 0.3) is 0 Å². The lowest BCUT2D eigenvalue weighted by Crippen LogP contribution is -2.16. The minimum atomic E-state index is -0.00456. The van der Waals surface area contributed by atoms with Crippen LogP contribution < -0.4 is 10.2 Å². The molecule has 1 aromatic carbocycles. The highest BCUT2D eigenvalue weighted by Crippen LogP contribution is 2.12. The van der Waals surface area contributed by atoms with Crippen LogP contribution >= 0.6 is 0 Å². The van der Waals surface area contributed by atoms with Crippen molar-refractivity contribution in [3.05, 3.63) is 29.8 Å². The van der Waals surface area contributed by atoms with Crippen LogP contribution in [0.1, 0.15) is 103 Å². The maximum absolute atomic E-state index is 11.8. The zero-order valence-electron chi connectivity index (χ0n) is 18.0. The monoisotopic (exact) mass is 388 g/mol. The lowest BCUT2D eigenvalue weighted by Gasteiger charge is -2.05. The number of rotatable bonds is 17. The quantitative estimate of drug-likeness (QED) is 0.185. The molecule has 158 valence electrons. The van der Waals surface area contributed by atoms with Crippen molar-refractivity contribution in [2.45, 2.75) is 97.3 Å². The highest BCUT2D eigenvalue weighted by atomic mass is 16.5. The maximum atomic E-state index is 11.8. The summed E-state index contributed by atoms with van der Waals surface area (Å²) in [5, 5.41) is 4.05. The average molecular weight is 389 g/mol. The zero-order valence-corrected chi connectivity index (χ0v) is 18.0. The minimum absolute atomic E-state index is 0.00456. The predicted molar refractivity (Wildman–Crippen MR) is 119 cm³/mol. The molecule has 0 atom stereocenters. The second-order valence-electron chi connectivity index (χ2n) is 7.50. The topological polar surface area (TPSA) is 50.7 Å². The number of hydrazone groups is 1. The van der Waals surface area contributed by atoms with Gasteiger partial charge in [-0.15, -0.1) is 0 Å². The number of hydrogen-bond donors (Lipinski definition) is 1. The summed E-state index contributed by atoms with van der Waals surface area (Å²) in [5.74, 6) is 0.873. The van der Waals surface area contributed by atoms with E-state index in [1.54, 1.807) is 6.21 Å². The van der Waals surface area contributed by atoms with E-state index in [2.05, 4.69) is 24.4 Å². The van der Waals surface area contributed by atoms with E-state index in [0.29, 0.717) is 6.42 Å². The van der Waals surface area contributed by atoms with E-state index in [1.807, 2.05) is 24.3 Å². The van der Waals surface area contributed by atoms with Crippen LogP contribution in [0.3, 0.4) is 0 Å². The van der Waals surface area contributed by atoms with E-state index in [1.165, 1.54) is 57.8 Å². The van der Waals surface area contributed by atoms with Crippen LogP contribution in [0.4, 0.5) is 0 Å². The first kappa shape index (κ1) is 24.2. The van der Waals surface area contributed by atoms with Crippen LogP contribution in [0.2, 0.25) is 0 Å². The summed E-state index contributed by atoms with van der Waals surface area (Å²) in [6.45, 7) is 5.19. The highest BCUT2D eigenvalue weighted by molar-refractivity contribution is 5.82. The second kappa shape index (κ2) is 17.3. The van der Waals surface area contributed by atoms with E-state index in [-0.39, 0.29) is 5.91 Å². The molecule has 1 aromatic rings. The summed E-state index contributed by atoms with van der Waals surface area (Å²) in [5.41, 5.74) is 3.57. The van der Waals surface area contributed by atoms with Gasteiger partial charge in [-0.05, 0) is 42.7 Å². The minimum Gasteiger partial charge on any atom is -0.494 e. The number of carbonyl (C=O) groups excluding carboxylic acids is 1. The number of unbranched alkanes of at least 4 members (excludes halogenated alkanes) is 10. The van der Waals surface area contributed by atoms with Crippen molar-refractivity contribution in [3.63, 3.8) is 0 Å². The molecular weight excluding hydrogens is 348 g/mol. The van der Waals surface area contributed by atoms with Gasteiger partial charge in [-0.3, -0.25) is 4.79 Å². The molecule has 0 aromatic heterocycles. The first-order valence-electron chi connectivity index (χ1n) is 11.3. The standard InChI is InChI=1S/C24H40N2O2/c1-3-5-7-8-9-10-11-12-13-15-24(27)26-25-21-22-16-18-23(19-17-22)28-20-14-6-4-2/h16-19,21H,3-15,20H2,1-2H3,(H,26,27). The number of hydrogen-bond acceptors (Lipinski definition) is 3. The van der Waals surface area contributed by atoms with Gasteiger partial charge in [0.15, 0.2) is 0 Å². The van der Waals surface area contributed by atoms with E-state index in [9.17, 15) is 4.79 Å². The van der Waals surface area contributed by atoms with Crippen molar-refractivity contribution in [1.82, 2.24) is 5.43 Å². The molecule has 4 heteroatoms. The van der Waals surface area contributed by atoms with Crippen molar-refractivity contribution in [2.75, 3.05) is 6.61 Å². The van der Waals surface area contributed by atoms with Crippen molar-refractivity contribution in [1.29, 1.82) is 0 Å². The number of amides is 1. The molecule has 0 bridgehead atoms. The van der Waals surface area contributed by atoms with Crippen LogP contribution in [-0.4, -0.2) is 18.7 Å². The summed E-state index contributed by atoms with van der Waals surface area (Å²) >= 11 is 0. The van der Waals surface area contributed by atoms with Crippen molar-refractivity contribution >= 4 is 12.1 Å². The predicted octanol–water partition coefficient (Wildman–Crippen LogP) is 6.63. The molecule has 0 fully saturated rings. The van der Waals surface area contributed by atoms with Crippen molar-refractivity contribution in [3.8, 4) is 5.75 Å². The Morgan fingerprint density at radius 3 is 2.07 bits per heavy atom. The Kier molecular flexibility index (Phi) is 14.9. The Balaban J connectivity index is 2.07. The number of nitrogens with one attached hydrogen (secondary N) is 1. The van der Waals surface area contributed by atoms with Gasteiger partial charge in [0.2, 0.25) is 5.91 Å². The van der Waals surface area contributed by atoms with Crippen LogP contribution in [0.5, 0.6) is 5.75 Å². The van der Waals surface area contributed by atoms with Gasteiger partial charge in [-0.25, -0.2) is 5.43 Å². The van der Waals surface area contributed by atoms with Crippen LogP contribution in [-0.2, 0) is 4.79 Å². The molecule has 0 aliphatic carbocycles. The molecule has 0 radical (unpaired) electrons. The number of benzene rings is 1. The Bertz CT molecular complexity index is 526. The largest absolute Gasteiger partial charge is 0.494 e. The molecule has 0 unspecified atom stereocenters. The highest BCUT2D eigenvalue weighted by Gasteiger charge is 2.00. The first-order valence-corrected chi connectivity index (χ1v) is 11.3. The molecule has 1 rings (SSSR count). The average Bonchev–Trinajstić information content (AvgIpc) is 2.71. The summed E-state index contributed by atoms with van der Waals surface area (Å²) in [4.78, 5) is 11.8. The third-order valence-electron chi connectivity index (χ3n) is 4.81. The summed E-state index contributed by atoms with van der Waals surface area (Å²) in [6, 6.07) is 7.78. The molecule has 0 spiro atoms. The molecule has 0 saturated heterocycles. The van der Waals surface area contributed by atoms with Gasteiger partial charge in [-0.2, -0.15) is 5.10 Å². The van der Waals surface area contributed by atoms with E-state index >= 15 is 0 Å². The molecule has 28 heavy (non-hydrogen) atoms. The Morgan fingerprint density at radius 1 is 0.857 bits per heavy atom. The van der Waals surface area contributed by atoms with Gasteiger partial charge in [0, 0.05) is 6.42 Å². The van der Waals surface area contributed by atoms with E-state index in [0.717, 1.165) is 37.2 Å².